The molecule has 1 aliphatic carbocycles. The first kappa shape index (κ1) is 14.9. The van der Waals surface area contributed by atoms with Crippen LogP contribution in [0.1, 0.15) is 56.6 Å². The summed E-state index contributed by atoms with van der Waals surface area (Å²) in [6.07, 6.45) is 5.01. The lowest BCUT2D eigenvalue weighted by atomic mass is 9.76. The molecule has 3 nitrogen and oxygen atoms in total. The number of alkyl carbamates (subject to hydrolysis) is 1. The first-order valence-corrected chi connectivity index (χ1v) is 7.70. The summed E-state index contributed by atoms with van der Waals surface area (Å²) in [6, 6.07) is 8.55. The summed E-state index contributed by atoms with van der Waals surface area (Å²) >= 11 is 0. The minimum Gasteiger partial charge on any atom is -0.445 e. The number of hydrogen-bond donors (Lipinski definition) is 1. The van der Waals surface area contributed by atoms with E-state index in [0.29, 0.717) is 19.1 Å². The zero-order valence-electron chi connectivity index (χ0n) is 12.5. The van der Waals surface area contributed by atoms with Gasteiger partial charge in [0, 0.05) is 6.54 Å². The van der Waals surface area contributed by atoms with Gasteiger partial charge in [0.2, 0.25) is 0 Å². The van der Waals surface area contributed by atoms with Gasteiger partial charge in [-0.15, -0.1) is 0 Å². The summed E-state index contributed by atoms with van der Waals surface area (Å²) in [7, 11) is 0. The Labute approximate surface area is 121 Å². The third-order valence-corrected chi connectivity index (χ3v) is 4.21. The second-order valence-corrected chi connectivity index (χ2v) is 5.72. The van der Waals surface area contributed by atoms with Gasteiger partial charge in [-0.05, 0) is 36.3 Å². The van der Waals surface area contributed by atoms with Gasteiger partial charge < -0.3 is 10.1 Å². The van der Waals surface area contributed by atoms with Gasteiger partial charge >= 0.3 is 6.09 Å². The lowest BCUT2D eigenvalue weighted by Gasteiger charge is -2.29. The number of nitrogens with one attached hydrogen (secondary N) is 1. The highest BCUT2D eigenvalue weighted by Crippen LogP contribution is 2.37. The van der Waals surface area contributed by atoms with E-state index in [4.69, 9.17) is 4.74 Å². The molecule has 20 heavy (non-hydrogen) atoms. The zero-order chi connectivity index (χ0) is 14.4. The molecule has 1 aromatic carbocycles. The Bertz CT molecular complexity index is 427. The van der Waals surface area contributed by atoms with E-state index in [0.717, 1.165) is 11.5 Å². The molecule has 1 aliphatic rings. The molecule has 0 aromatic heterocycles. The molecule has 0 radical (unpaired) electrons. The highest BCUT2D eigenvalue weighted by atomic mass is 16.5. The van der Waals surface area contributed by atoms with Crippen LogP contribution in [0.2, 0.25) is 0 Å². The Morgan fingerprint density at radius 3 is 2.60 bits per heavy atom. The minimum absolute atomic E-state index is 0.340. The average Bonchev–Trinajstić information content (AvgIpc) is 2.47. The molecule has 0 bridgehead atoms. The van der Waals surface area contributed by atoms with Crippen molar-refractivity contribution in [1.82, 2.24) is 5.32 Å². The fraction of sp³-hybridized carbons (Fsp3) is 0.588. The first-order chi connectivity index (χ1) is 9.70. The molecule has 1 aromatic rings. The Hall–Kier alpha value is -1.51. The van der Waals surface area contributed by atoms with Gasteiger partial charge in [0.05, 0.1) is 0 Å². The topological polar surface area (TPSA) is 38.3 Å². The molecule has 1 fully saturated rings. The van der Waals surface area contributed by atoms with E-state index in [9.17, 15) is 4.79 Å². The van der Waals surface area contributed by atoms with Crippen LogP contribution in [0.4, 0.5) is 4.79 Å². The predicted octanol–water partition coefficient (Wildman–Crippen LogP) is 4.23. The summed E-state index contributed by atoms with van der Waals surface area (Å²) in [6.45, 7) is 5.17. The Kier molecular flexibility index (Phi) is 5.45. The highest BCUT2D eigenvalue weighted by Gasteiger charge is 2.22. The minimum atomic E-state index is -0.350. The van der Waals surface area contributed by atoms with Crippen LogP contribution >= 0.6 is 0 Å². The van der Waals surface area contributed by atoms with Gasteiger partial charge in [-0.3, -0.25) is 0 Å². The number of hydrogen-bond acceptors (Lipinski definition) is 2. The molecule has 0 spiro atoms. The molecule has 1 N–H and O–H groups in total. The normalized spacial score (nSPS) is 22.3. The molecule has 2 atom stereocenters. The predicted molar refractivity (Wildman–Crippen MR) is 80.7 cm³/mol. The van der Waals surface area contributed by atoms with Gasteiger partial charge in [-0.25, -0.2) is 4.79 Å². The van der Waals surface area contributed by atoms with E-state index in [1.165, 1.54) is 31.2 Å². The fourth-order valence-corrected chi connectivity index (χ4v) is 3.02. The number of amides is 1. The molecule has 0 unspecified atom stereocenters. The molecular formula is C17H25NO2. The molecular weight excluding hydrogens is 250 g/mol. The number of ether oxygens (including phenoxy) is 1. The van der Waals surface area contributed by atoms with Gasteiger partial charge in [0.1, 0.15) is 6.61 Å². The maximum absolute atomic E-state index is 11.2. The van der Waals surface area contributed by atoms with Crippen molar-refractivity contribution in [3.8, 4) is 0 Å². The average molecular weight is 275 g/mol. The van der Waals surface area contributed by atoms with Crippen molar-refractivity contribution in [2.24, 2.45) is 5.92 Å². The SMILES string of the molecule is CCNC(=O)OCc1ccc([C@@H]2CCCC[C@H]2C)cc1. The molecule has 3 heteroatoms. The molecule has 1 amide bonds. The molecule has 2 rings (SSSR count). The van der Waals surface area contributed by atoms with Crippen molar-refractivity contribution in [2.45, 2.75) is 52.1 Å². The van der Waals surface area contributed by atoms with Crippen LogP contribution in [0.15, 0.2) is 24.3 Å². The molecule has 0 aliphatic heterocycles. The number of rotatable bonds is 4. The Morgan fingerprint density at radius 2 is 1.95 bits per heavy atom. The van der Waals surface area contributed by atoms with Crippen LogP contribution in [-0.4, -0.2) is 12.6 Å². The van der Waals surface area contributed by atoms with E-state index >= 15 is 0 Å². The van der Waals surface area contributed by atoms with E-state index in [1.54, 1.807) is 0 Å². The van der Waals surface area contributed by atoms with Gasteiger partial charge in [0.25, 0.3) is 0 Å². The smallest absolute Gasteiger partial charge is 0.407 e. The standard InChI is InChI=1S/C17H25NO2/c1-3-18-17(19)20-12-14-8-10-15(11-9-14)16-7-5-4-6-13(16)2/h8-11,13,16H,3-7,12H2,1-2H3,(H,18,19)/t13-,16-/m1/s1. The molecule has 0 saturated heterocycles. The second-order valence-electron chi connectivity index (χ2n) is 5.72. The Morgan fingerprint density at radius 1 is 1.25 bits per heavy atom. The summed E-state index contributed by atoms with van der Waals surface area (Å²) < 4.78 is 5.12. The highest BCUT2D eigenvalue weighted by molar-refractivity contribution is 5.66. The molecule has 0 heterocycles. The third kappa shape index (κ3) is 3.99. The summed E-state index contributed by atoms with van der Waals surface area (Å²) in [5.74, 6) is 1.48. The lowest BCUT2D eigenvalue weighted by Crippen LogP contribution is -2.23. The second kappa shape index (κ2) is 7.32. The fourth-order valence-electron chi connectivity index (χ4n) is 3.02. The van der Waals surface area contributed by atoms with Crippen LogP contribution in [-0.2, 0) is 11.3 Å². The Balaban J connectivity index is 1.90. The van der Waals surface area contributed by atoms with E-state index in [1.807, 2.05) is 6.92 Å². The van der Waals surface area contributed by atoms with Crippen molar-refractivity contribution in [3.63, 3.8) is 0 Å². The largest absolute Gasteiger partial charge is 0.445 e. The first-order valence-electron chi connectivity index (χ1n) is 7.70. The van der Waals surface area contributed by atoms with Crippen molar-refractivity contribution >= 4 is 6.09 Å². The number of carbonyl (C=O) groups excluding carboxylic acids is 1. The maximum atomic E-state index is 11.2. The van der Waals surface area contributed by atoms with Crippen LogP contribution < -0.4 is 5.32 Å². The van der Waals surface area contributed by atoms with Gasteiger partial charge in [-0.1, -0.05) is 50.5 Å². The van der Waals surface area contributed by atoms with Crippen molar-refractivity contribution in [1.29, 1.82) is 0 Å². The van der Waals surface area contributed by atoms with Crippen LogP contribution in [0, 0.1) is 5.92 Å². The van der Waals surface area contributed by atoms with Crippen LogP contribution in [0.3, 0.4) is 0 Å². The van der Waals surface area contributed by atoms with E-state index in [2.05, 4.69) is 36.5 Å². The molecule has 1 saturated carbocycles. The van der Waals surface area contributed by atoms with Crippen LogP contribution in [0.5, 0.6) is 0 Å². The quantitative estimate of drug-likeness (QED) is 0.893. The molecule has 110 valence electrons. The number of benzene rings is 1. The summed E-state index contributed by atoms with van der Waals surface area (Å²) in [5.41, 5.74) is 2.47. The zero-order valence-corrected chi connectivity index (χ0v) is 12.5. The van der Waals surface area contributed by atoms with Crippen LogP contribution in [0.25, 0.3) is 0 Å². The maximum Gasteiger partial charge on any atom is 0.407 e. The van der Waals surface area contributed by atoms with E-state index in [-0.39, 0.29) is 6.09 Å². The summed E-state index contributed by atoms with van der Waals surface area (Å²) in [4.78, 5) is 11.2. The van der Waals surface area contributed by atoms with Crippen molar-refractivity contribution in [2.75, 3.05) is 6.54 Å². The summed E-state index contributed by atoms with van der Waals surface area (Å²) in [5, 5.41) is 2.62. The van der Waals surface area contributed by atoms with Crippen molar-refractivity contribution < 1.29 is 9.53 Å². The monoisotopic (exact) mass is 275 g/mol. The van der Waals surface area contributed by atoms with Crippen molar-refractivity contribution in [3.05, 3.63) is 35.4 Å². The lowest BCUT2D eigenvalue weighted by molar-refractivity contribution is 0.140. The number of carbonyl (C=O) groups is 1. The third-order valence-electron chi connectivity index (χ3n) is 4.21. The van der Waals surface area contributed by atoms with Gasteiger partial charge in [0.15, 0.2) is 0 Å². The van der Waals surface area contributed by atoms with Gasteiger partial charge in [-0.2, -0.15) is 0 Å². The van der Waals surface area contributed by atoms with E-state index < -0.39 is 0 Å².